The Morgan fingerprint density at radius 2 is 1.27 bits per heavy atom. The maximum atomic E-state index is 12.5. The summed E-state index contributed by atoms with van der Waals surface area (Å²) in [4.78, 5) is 44.4. The number of carbonyl (C=O) groups excluding carboxylic acids is 2. The topological polar surface area (TPSA) is 275 Å². The molecule has 2 aliphatic rings. The van der Waals surface area contributed by atoms with Crippen molar-refractivity contribution in [2.45, 2.75) is 141 Å². The molecule has 0 aromatic rings. The largest absolute Gasteiger partial charge is 0.472 e. The highest BCUT2D eigenvalue weighted by molar-refractivity contribution is 7.99. The lowest BCUT2D eigenvalue weighted by molar-refractivity contribution is -0.121. The van der Waals surface area contributed by atoms with Crippen LogP contribution < -0.4 is 10.6 Å². The average molecular weight is 967 g/mol. The number of aliphatic hydroxyl groups excluding tert-OH is 2. The third-order valence-corrected chi connectivity index (χ3v) is 11.9. The third-order valence-electron chi connectivity index (χ3n) is 8.92. The number of hydrogen-bond acceptors (Lipinski definition) is 18. The van der Waals surface area contributed by atoms with Crippen molar-refractivity contribution >= 4 is 47.1 Å². The van der Waals surface area contributed by atoms with Gasteiger partial charge in [-0.15, -0.1) is 0 Å². The molecule has 63 heavy (non-hydrogen) atoms. The molecular weight excluding hydrogens is 893 g/mol. The lowest BCUT2D eigenvalue weighted by Gasteiger charge is -2.29. The Labute approximate surface area is 377 Å². The lowest BCUT2D eigenvalue weighted by atomic mass is 9.93. The minimum Gasteiger partial charge on any atom is -0.388 e. The van der Waals surface area contributed by atoms with Gasteiger partial charge < -0.3 is 63.8 Å². The molecule has 0 aromatic heterocycles. The number of carbonyl (C=O) groups is 2. The van der Waals surface area contributed by atoms with Crippen LogP contribution in [0.25, 0.3) is 0 Å². The lowest BCUT2D eigenvalue weighted by Crippen LogP contribution is -2.41. The minimum absolute atomic E-state index is 0.00580. The molecule has 0 aliphatic carbocycles. The molecule has 2 rings (SSSR count). The van der Waals surface area contributed by atoms with E-state index in [0.717, 1.165) is 6.42 Å². The van der Waals surface area contributed by atoms with E-state index in [0.29, 0.717) is 57.9 Å². The van der Waals surface area contributed by atoms with Gasteiger partial charge in [0.25, 0.3) is 0 Å². The molecule has 0 saturated carbocycles. The Bertz CT molecular complexity index is 1400. The van der Waals surface area contributed by atoms with Gasteiger partial charge in [-0.25, -0.2) is 9.13 Å². The SMILES string of the molecule is [B][C@@H]1O[C@H](COC(C)(C)C)C(OP(=O)(O)OCCCCCCNC(=O)CSCCC(=O)NCCOCCOCCOCCOP(=O)(O)OC[C@H]2O[C@@H](C)[C@@H](O)C2OC(C)(C)C)[C@@H]1O. The monoisotopic (exact) mass is 966 g/mol. The molecule has 6 N–H and O–H groups in total. The first kappa shape index (κ1) is 58.3. The molecule has 0 bridgehead atoms. The number of nitrogens with one attached hydrogen (secondary N) is 2. The van der Waals surface area contributed by atoms with Crippen LogP contribution in [-0.4, -0.2) is 190 Å². The Morgan fingerprint density at radius 1 is 0.683 bits per heavy atom. The molecule has 2 saturated heterocycles. The van der Waals surface area contributed by atoms with Crippen molar-refractivity contribution in [1.82, 2.24) is 10.6 Å². The maximum Gasteiger partial charge on any atom is 0.472 e. The summed E-state index contributed by atoms with van der Waals surface area (Å²) >= 11 is 1.35. The summed E-state index contributed by atoms with van der Waals surface area (Å²) in [5, 5.41) is 26.2. The van der Waals surface area contributed by atoms with E-state index >= 15 is 0 Å². The van der Waals surface area contributed by atoms with Crippen LogP contribution in [0.1, 0.15) is 80.6 Å². The standard InChI is InChI=1S/C38H73BN2O19P2S/c1-27-32(44)34(59-38(5,6)7)29(57-27)25-56-61(46,47)55-22-21-52-20-19-51-18-17-50-16-14-41-30(42)12-23-63-26-31(43)40-13-10-8-9-11-15-54-62(48,49)60-35-28(24-53-37(2,3)4)58-36(39)33(35)45/h27-29,32-36,44-45H,8-26H2,1-7H3,(H,40,43)(H,41,42)(H,46,47)(H,48,49)/t27-,28+,29+,32+,33-,34?,35?,36+/m0/s1. The van der Waals surface area contributed by atoms with Crippen molar-refractivity contribution in [2.75, 3.05) is 90.7 Å². The molecule has 10 atom stereocenters. The number of phosphoric ester groups is 2. The number of amides is 2. The number of rotatable bonds is 34. The van der Waals surface area contributed by atoms with Crippen LogP contribution in [0.5, 0.6) is 0 Å². The smallest absolute Gasteiger partial charge is 0.388 e. The first-order valence-corrected chi connectivity index (χ1v) is 25.5. The van der Waals surface area contributed by atoms with Crippen LogP contribution >= 0.6 is 27.4 Å². The molecular formula is C38H73BN2O19P2S. The fraction of sp³-hybridized carbons (Fsp3) is 0.947. The van der Waals surface area contributed by atoms with Gasteiger partial charge in [0.2, 0.25) is 11.8 Å². The summed E-state index contributed by atoms with van der Waals surface area (Å²) in [5.74, 6) is 0.419. The summed E-state index contributed by atoms with van der Waals surface area (Å²) in [6.07, 6.45) is -3.38. The number of aliphatic hydroxyl groups is 2. The van der Waals surface area contributed by atoms with Crippen LogP contribution in [-0.2, 0) is 70.0 Å². The van der Waals surface area contributed by atoms with Crippen LogP contribution in [0.4, 0.5) is 0 Å². The van der Waals surface area contributed by atoms with Crippen LogP contribution in [0.15, 0.2) is 0 Å². The summed E-state index contributed by atoms with van der Waals surface area (Å²) in [5.41, 5.74) is -1.06. The molecule has 368 valence electrons. The van der Waals surface area contributed by atoms with Crippen molar-refractivity contribution in [3.8, 4) is 0 Å². The molecule has 0 aromatic carbocycles. The van der Waals surface area contributed by atoms with Crippen molar-refractivity contribution in [2.24, 2.45) is 0 Å². The quantitative estimate of drug-likeness (QED) is 0.0306. The zero-order valence-electron chi connectivity index (χ0n) is 37.8. The average Bonchev–Trinajstić information content (AvgIpc) is 3.60. The molecule has 25 heteroatoms. The predicted molar refractivity (Wildman–Crippen MR) is 232 cm³/mol. The summed E-state index contributed by atoms with van der Waals surface area (Å²) < 4.78 is 83.9. The van der Waals surface area contributed by atoms with Gasteiger partial charge in [-0.3, -0.25) is 27.7 Å². The van der Waals surface area contributed by atoms with E-state index in [4.69, 9.17) is 59.1 Å². The predicted octanol–water partition coefficient (Wildman–Crippen LogP) is 1.99. The fourth-order valence-electron chi connectivity index (χ4n) is 5.83. The van der Waals surface area contributed by atoms with Crippen molar-refractivity contribution in [1.29, 1.82) is 0 Å². The number of phosphoric acid groups is 2. The van der Waals surface area contributed by atoms with Gasteiger partial charge in [0.05, 0.1) is 89.1 Å². The Balaban J connectivity index is 1.36. The molecule has 4 unspecified atom stereocenters. The van der Waals surface area contributed by atoms with Gasteiger partial charge in [-0.05, 0) is 61.3 Å². The zero-order chi connectivity index (χ0) is 47.1. The molecule has 21 nitrogen and oxygen atoms in total. The van der Waals surface area contributed by atoms with Gasteiger partial charge >= 0.3 is 15.6 Å². The maximum absolute atomic E-state index is 12.5. The van der Waals surface area contributed by atoms with Crippen LogP contribution in [0.3, 0.4) is 0 Å². The van der Waals surface area contributed by atoms with Gasteiger partial charge in [0.1, 0.15) is 44.5 Å². The second kappa shape index (κ2) is 29.9. The summed E-state index contributed by atoms with van der Waals surface area (Å²) in [6, 6.07) is -1.09. The highest BCUT2D eigenvalue weighted by Gasteiger charge is 2.47. The zero-order valence-corrected chi connectivity index (χ0v) is 40.5. The van der Waals surface area contributed by atoms with Gasteiger partial charge in [-0.1, -0.05) is 12.8 Å². The molecule has 0 spiro atoms. The van der Waals surface area contributed by atoms with Crippen molar-refractivity contribution in [3.05, 3.63) is 0 Å². The number of thioether (sulfide) groups is 1. The summed E-state index contributed by atoms with van der Waals surface area (Å²) in [6.45, 7) is 14.4. The molecule has 2 heterocycles. The third kappa shape index (κ3) is 27.0. The van der Waals surface area contributed by atoms with Crippen molar-refractivity contribution < 1.29 is 90.0 Å². The molecule has 2 radical (unpaired) electrons. The molecule has 2 fully saturated rings. The van der Waals surface area contributed by atoms with Gasteiger partial charge in [0.15, 0.2) is 0 Å². The second-order valence-corrected chi connectivity index (χ2v) is 20.8. The van der Waals surface area contributed by atoms with Crippen LogP contribution in [0, 0.1) is 0 Å². The fourth-order valence-corrected chi connectivity index (χ4v) is 8.30. The van der Waals surface area contributed by atoms with E-state index < -0.39 is 75.6 Å². The number of unbranched alkanes of at least 4 members (excludes halogenated alkanes) is 3. The number of hydrogen-bond donors (Lipinski definition) is 6. The van der Waals surface area contributed by atoms with E-state index in [9.17, 15) is 38.7 Å². The first-order chi connectivity index (χ1) is 29.5. The van der Waals surface area contributed by atoms with Gasteiger partial charge in [0, 0.05) is 31.3 Å². The van der Waals surface area contributed by atoms with Crippen molar-refractivity contribution in [3.63, 3.8) is 0 Å². The van der Waals surface area contributed by atoms with Crippen LogP contribution in [0.2, 0.25) is 0 Å². The highest BCUT2D eigenvalue weighted by Crippen LogP contribution is 2.47. The Kier molecular flexibility index (Phi) is 27.7. The van der Waals surface area contributed by atoms with Gasteiger partial charge in [-0.2, -0.15) is 11.8 Å². The van der Waals surface area contributed by atoms with E-state index in [1.54, 1.807) is 6.92 Å². The van der Waals surface area contributed by atoms with E-state index in [1.165, 1.54) is 11.8 Å². The Morgan fingerprint density at radius 3 is 1.92 bits per heavy atom. The Hall–Kier alpha value is -0.785. The van der Waals surface area contributed by atoms with E-state index in [-0.39, 0.29) is 70.2 Å². The normalized spacial score (nSPS) is 26.1. The summed E-state index contributed by atoms with van der Waals surface area (Å²) in [7, 11) is -3.15. The van der Waals surface area contributed by atoms with E-state index in [2.05, 4.69) is 10.6 Å². The molecule has 2 aliphatic heterocycles. The molecule has 2 amide bonds. The second-order valence-electron chi connectivity index (χ2n) is 16.8. The highest BCUT2D eigenvalue weighted by atomic mass is 32.2. The minimum atomic E-state index is -4.50. The first-order valence-electron chi connectivity index (χ1n) is 21.3. The number of ether oxygens (including phenoxy) is 7. The van der Waals surface area contributed by atoms with E-state index in [1.807, 2.05) is 41.5 Å².